The van der Waals surface area contributed by atoms with Crippen LogP contribution in [0.3, 0.4) is 0 Å². The van der Waals surface area contributed by atoms with Gasteiger partial charge in [-0.15, -0.1) is 0 Å². The maximum absolute atomic E-state index is 12.4. The van der Waals surface area contributed by atoms with Crippen molar-refractivity contribution in [2.75, 3.05) is 18.9 Å². The third kappa shape index (κ3) is 3.49. The Hall–Kier alpha value is -2.25. The number of hydrogen-bond donors (Lipinski definition) is 2. The molecule has 0 amide bonds. The zero-order valence-electron chi connectivity index (χ0n) is 12.2. The topological polar surface area (TPSA) is 84.9 Å². The summed E-state index contributed by atoms with van der Waals surface area (Å²) in [5, 5.41) is 9.10. The Kier molecular flexibility index (Phi) is 4.89. The fourth-order valence-corrected chi connectivity index (χ4v) is 3.00. The summed E-state index contributed by atoms with van der Waals surface area (Å²) in [5.41, 5.74) is 0.994. The number of nitrogens with one attached hydrogen (secondary N) is 1. The average Bonchev–Trinajstić information content (AvgIpc) is 2.53. The second kappa shape index (κ2) is 6.67. The third-order valence-electron chi connectivity index (χ3n) is 3.03. The summed E-state index contributed by atoms with van der Waals surface area (Å²) in [7, 11) is -0.849. The van der Waals surface area contributed by atoms with Gasteiger partial charge in [-0.1, -0.05) is 12.1 Å². The van der Waals surface area contributed by atoms with Crippen LogP contribution in [0.4, 0.5) is 5.69 Å². The quantitative estimate of drug-likeness (QED) is 0.849. The van der Waals surface area contributed by atoms with E-state index in [-0.39, 0.29) is 11.5 Å². The summed E-state index contributed by atoms with van der Waals surface area (Å²) < 4.78 is 37.5. The molecule has 0 aromatic heterocycles. The lowest BCUT2D eigenvalue weighted by molar-refractivity contribution is 0.282. The molecule has 2 aromatic carbocycles. The van der Waals surface area contributed by atoms with E-state index in [1.54, 1.807) is 24.3 Å². The number of hydrogen-bond acceptors (Lipinski definition) is 5. The highest BCUT2D eigenvalue weighted by Gasteiger charge is 2.17. The minimum absolute atomic E-state index is 0.0551. The molecule has 7 heteroatoms. The lowest BCUT2D eigenvalue weighted by Crippen LogP contribution is -2.13. The molecule has 0 spiro atoms. The van der Waals surface area contributed by atoms with Crippen molar-refractivity contribution >= 4 is 15.7 Å². The predicted octanol–water partition coefficient (Wildman–Crippen LogP) is 2.00. The SMILES string of the molecule is COc1ccc(S(=O)(=O)Nc2cccc(CO)c2)cc1OC. The fourth-order valence-electron chi connectivity index (χ4n) is 1.93. The maximum Gasteiger partial charge on any atom is 0.262 e. The van der Waals surface area contributed by atoms with E-state index in [9.17, 15) is 8.42 Å². The van der Waals surface area contributed by atoms with Crippen molar-refractivity contribution in [3.8, 4) is 11.5 Å². The van der Waals surface area contributed by atoms with Crippen LogP contribution in [0.15, 0.2) is 47.4 Å². The molecule has 0 aliphatic carbocycles. The van der Waals surface area contributed by atoms with Crippen molar-refractivity contribution in [3.63, 3.8) is 0 Å². The van der Waals surface area contributed by atoms with E-state index in [0.29, 0.717) is 22.7 Å². The number of aliphatic hydroxyl groups excluding tert-OH is 1. The molecule has 0 radical (unpaired) electrons. The molecule has 0 heterocycles. The maximum atomic E-state index is 12.4. The van der Waals surface area contributed by atoms with Crippen molar-refractivity contribution < 1.29 is 23.0 Å². The average molecular weight is 323 g/mol. The summed E-state index contributed by atoms with van der Waals surface area (Å²) in [6, 6.07) is 10.9. The smallest absolute Gasteiger partial charge is 0.262 e. The minimum atomic E-state index is -3.76. The van der Waals surface area contributed by atoms with E-state index in [0.717, 1.165) is 0 Å². The summed E-state index contributed by atoms with van der Waals surface area (Å²) in [5.74, 6) is 0.776. The van der Waals surface area contributed by atoms with Gasteiger partial charge in [-0.3, -0.25) is 4.72 Å². The lowest BCUT2D eigenvalue weighted by atomic mass is 10.2. The van der Waals surface area contributed by atoms with Gasteiger partial charge in [0.05, 0.1) is 25.7 Å². The highest BCUT2D eigenvalue weighted by molar-refractivity contribution is 7.92. The van der Waals surface area contributed by atoms with Gasteiger partial charge in [-0.2, -0.15) is 0 Å². The largest absolute Gasteiger partial charge is 0.493 e. The van der Waals surface area contributed by atoms with Crippen molar-refractivity contribution in [1.29, 1.82) is 0 Å². The van der Waals surface area contributed by atoms with E-state index in [1.807, 2.05) is 0 Å². The van der Waals surface area contributed by atoms with Gasteiger partial charge in [-0.25, -0.2) is 8.42 Å². The number of aliphatic hydroxyl groups is 1. The summed E-state index contributed by atoms with van der Waals surface area (Å²) in [6.45, 7) is -0.161. The molecule has 0 unspecified atom stereocenters. The monoisotopic (exact) mass is 323 g/mol. The van der Waals surface area contributed by atoms with E-state index < -0.39 is 10.0 Å². The molecular weight excluding hydrogens is 306 g/mol. The van der Waals surface area contributed by atoms with Gasteiger partial charge in [0.15, 0.2) is 11.5 Å². The molecule has 22 heavy (non-hydrogen) atoms. The van der Waals surface area contributed by atoms with Crippen LogP contribution in [0.2, 0.25) is 0 Å². The molecule has 0 aliphatic rings. The molecule has 0 fully saturated rings. The Labute approximate surface area is 129 Å². The summed E-state index contributed by atoms with van der Waals surface area (Å²) in [6.07, 6.45) is 0. The molecule has 6 nitrogen and oxygen atoms in total. The number of anilines is 1. The van der Waals surface area contributed by atoms with Crippen LogP contribution in [-0.4, -0.2) is 27.7 Å². The highest BCUT2D eigenvalue weighted by atomic mass is 32.2. The van der Waals surface area contributed by atoms with Crippen LogP contribution in [-0.2, 0) is 16.6 Å². The van der Waals surface area contributed by atoms with Gasteiger partial charge < -0.3 is 14.6 Å². The van der Waals surface area contributed by atoms with Crippen molar-refractivity contribution in [2.24, 2.45) is 0 Å². The number of ether oxygens (including phenoxy) is 2. The Bertz CT molecular complexity index is 758. The number of rotatable bonds is 6. The van der Waals surface area contributed by atoms with Gasteiger partial charge in [0.1, 0.15) is 0 Å². The summed E-state index contributed by atoms with van der Waals surface area (Å²) >= 11 is 0. The first-order valence-electron chi connectivity index (χ1n) is 6.45. The Morgan fingerprint density at radius 2 is 1.77 bits per heavy atom. The standard InChI is InChI=1S/C15H17NO5S/c1-20-14-7-6-13(9-15(14)21-2)22(18,19)16-12-5-3-4-11(8-12)10-17/h3-9,16-17H,10H2,1-2H3. The van der Waals surface area contributed by atoms with Crippen molar-refractivity contribution in [1.82, 2.24) is 0 Å². The number of sulfonamides is 1. The molecule has 118 valence electrons. The Morgan fingerprint density at radius 3 is 2.41 bits per heavy atom. The normalized spacial score (nSPS) is 11.0. The highest BCUT2D eigenvalue weighted by Crippen LogP contribution is 2.30. The first-order valence-corrected chi connectivity index (χ1v) is 7.93. The molecular formula is C15H17NO5S. The Balaban J connectivity index is 2.33. The third-order valence-corrected chi connectivity index (χ3v) is 4.41. The molecule has 0 bridgehead atoms. The fraction of sp³-hybridized carbons (Fsp3) is 0.200. The first kappa shape index (κ1) is 16.1. The van der Waals surface area contributed by atoms with Crippen molar-refractivity contribution in [3.05, 3.63) is 48.0 Å². The van der Waals surface area contributed by atoms with E-state index in [1.165, 1.54) is 32.4 Å². The van der Waals surface area contributed by atoms with Gasteiger partial charge in [0.25, 0.3) is 10.0 Å². The van der Waals surface area contributed by atoms with Crippen LogP contribution in [0.1, 0.15) is 5.56 Å². The van der Waals surface area contributed by atoms with E-state index >= 15 is 0 Å². The van der Waals surface area contributed by atoms with Crippen LogP contribution in [0, 0.1) is 0 Å². The van der Waals surface area contributed by atoms with Crippen molar-refractivity contribution in [2.45, 2.75) is 11.5 Å². The molecule has 0 atom stereocenters. The van der Waals surface area contributed by atoms with Crippen LogP contribution in [0.5, 0.6) is 11.5 Å². The van der Waals surface area contributed by atoms with Gasteiger partial charge in [-0.05, 0) is 29.8 Å². The molecule has 2 aromatic rings. The molecule has 2 N–H and O–H groups in total. The minimum Gasteiger partial charge on any atom is -0.493 e. The van der Waals surface area contributed by atoms with Crippen LogP contribution in [0.25, 0.3) is 0 Å². The predicted molar refractivity (Wildman–Crippen MR) is 82.7 cm³/mol. The molecule has 0 saturated heterocycles. The second-order valence-electron chi connectivity index (χ2n) is 4.48. The molecule has 2 rings (SSSR count). The van der Waals surface area contributed by atoms with Crippen LogP contribution < -0.4 is 14.2 Å². The molecule has 0 aliphatic heterocycles. The molecule has 0 saturated carbocycles. The van der Waals surface area contributed by atoms with E-state index in [2.05, 4.69) is 4.72 Å². The van der Waals surface area contributed by atoms with E-state index in [4.69, 9.17) is 14.6 Å². The summed E-state index contributed by atoms with van der Waals surface area (Å²) in [4.78, 5) is 0.0551. The lowest BCUT2D eigenvalue weighted by Gasteiger charge is -2.12. The van der Waals surface area contributed by atoms with Crippen LogP contribution >= 0.6 is 0 Å². The number of benzene rings is 2. The second-order valence-corrected chi connectivity index (χ2v) is 6.16. The van der Waals surface area contributed by atoms with Gasteiger partial charge in [0, 0.05) is 11.8 Å². The van der Waals surface area contributed by atoms with Gasteiger partial charge in [0.2, 0.25) is 0 Å². The zero-order valence-corrected chi connectivity index (χ0v) is 13.1. The Morgan fingerprint density at radius 1 is 1.05 bits per heavy atom. The zero-order chi connectivity index (χ0) is 16.2. The number of methoxy groups -OCH3 is 2. The first-order chi connectivity index (χ1) is 10.5. The van der Waals surface area contributed by atoms with Gasteiger partial charge >= 0.3 is 0 Å².